The smallest absolute Gasteiger partial charge is 0.303 e. The Kier molecular flexibility index (Phi) is 6.02. The molecule has 29 heavy (non-hydrogen) atoms. The Labute approximate surface area is 176 Å². The molecule has 11 heteroatoms. The lowest BCUT2D eigenvalue weighted by Gasteiger charge is -2.28. The van der Waals surface area contributed by atoms with Crippen molar-refractivity contribution in [1.29, 1.82) is 0 Å². The summed E-state index contributed by atoms with van der Waals surface area (Å²) in [6.07, 6.45) is 1.60. The highest BCUT2D eigenvalue weighted by Gasteiger charge is 2.40. The molecule has 0 spiro atoms. The third kappa shape index (κ3) is 3.64. The number of ether oxygens (including phenoxy) is 2. The number of esters is 1. The molecule has 2 aromatic rings. The van der Waals surface area contributed by atoms with Crippen LogP contribution in [0.15, 0.2) is 17.4 Å². The number of methoxy groups -OCH3 is 1. The summed E-state index contributed by atoms with van der Waals surface area (Å²) in [6.45, 7) is 2.64. The van der Waals surface area contributed by atoms with Gasteiger partial charge in [0.15, 0.2) is 6.61 Å². The second-order valence-electron chi connectivity index (χ2n) is 6.42. The van der Waals surface area contributed by atoms with Crippen molar-refractivity contribution < 1.29 is 19.1 Å². The molecule has 0 aliphatic carbocycles. The van der Waals surface area contributed by atoms with Crippen LogP contribution in [0.1, 0.15) is 37.1 Å². The van der Waals surface area contributed by atoms with Crippen LogP contribution >= 0.6 is 23.2 Å². The van der Waals surface area contributed by atoms with Gasteiger partial charge in [-0.15, -0.1) is 0 Å². The number of aromatic nitrogens is 1. The van der Waals surface area contributed by atoms with Crippen molar-refractivity contribution in [3.8, 4) is 5.75 Å². The van der Waals surface area contributed by atoms with Gasteiger partial charge in [0.2, 0.25) is 0 Å². The Hall–Kier alpha value is -2.74. The SMILES string of the molecule is COc1cc2c3c(cnc2c(Cl)c1Cl)[C@H](CN=[N+]=[N-])N(C(=O)COC(C)=O)[C@H]3C. The molecular weight excluding hydrogens is 421 g/mol. The third-order valence-electron chi connectivity index (χ3n) is 4.84. The molecule has 3 rings (SSSR count). The molecule has 1 aromatic carbocycles. The number of halogens is 2. The first kappa shape index (κ1) is 21.0. The Morgan fingerprint density at radius 1 is 1.38 bits per heavy atom. The number of rotatable bonds is 5. The number of benzene rings is 1. The molecule has 1 aliphatic heterocycles. The number of carbonyl (C=O) groups excluding carboxylic acids is 2. The molecule has 0 radical (unpaired) electrons. The molecule has 1 aliphatic rings. The summed E-state index contributed by atoms with van der Waals surface area (Å²) in [6, 6.07) is 0.743. The van der Waals surface area contributed by atoms with Gasteiger partial charge < -0.3 is 14.4 Å². The molecule has 2 atom stereocenters. The second kappa shape index (κ2) is 8.32. The van der Waals surface area contributed by atoms with Gasteiger partial charge in [-0.2, -0.15) is 0 Å². The number of amides is 1. The summed E-state index contributed by atoms with van der Waals surface area (Å²) >= 11 is 12.6. The highest BCUT2D eigenvalue weighted by molar-refractivity contribution is 6.46. The van der Waals surface area contributed by atoms with Crippen molar-refractivity contribution in [2.45, 2.75) is 25.9 Å². The van der Waals surface area contributed by atoms with Gasteiger partial charge in [0, 0.05) is 23.4 Å². The number of carbonyl (C=O) groups is 2. The van der Waals surface area contributed by atoms with Crippen molar-refractivity contribution in [1.82, 2.24) is 9.88 Å². The minimum Gasteiger partial charge on any atom is -0.495 e. The lowest BCUT2D eigenvalue weighted by molar-refractivity contribution is -0.152. The van der Waals surface area contributed by atoms with E-state index in [2.05, 4.69) is 15.0 Å². The molecule has 9 nitrogen and oxygen atoms in total. The van der Waals surface area contributed by atoms with E-state index in [-0.39, 0.29) is 16.6 Å². The molecule has 0 unspecified atom stereocenters. The van der Waals surface area contributed by atoms with E-state index in [0.29, 0.717) is 22.2 Å². The van der Waals surface area contributed by atoms with Gasteiger partial charge in [-0.25, -0.2) is 0 Å². The summed E-state index contributed by atoms with van der Waals surface area (Å²) in [5.74, 6) is -0.599. The highest BCUT2D eigenvalue weighted by atomic mass is 35.5. The lowest BCUT2D eigenvalue weighted by atomic mass is 9.99. The molecular formula is C18H17Cl2N5O4. The highest BCUT2D eigenvalue weighted by Crippen LogP contribution is 2.48. The van der Waals surface area contributed by atoms with Crippen LogP contribution in [0.3, 0.4) is 0 Å². The zero-order valence-corrected chi connectivity index (χ0v) is 17.4. The van der Waals surface area contributed by atoms with Crippen LogP contribution < -0.4 is 4.74 Å². The van der Waals surface area contributed by atoms with Gasteiger partial charge >= 0.3 is 5.97 Å². The van der Waals surface area contributed by atoms with Crippen LogP contribution in [0.25, 0.3) is 21.3 Å². The van der Waals surface area contributed by atoms with E-state index in [0.717, 1.165) is 5.56 Å². The van der Waals surface area contributed by atoms with Crippen LogP contribution in [0, 0.1) is 0 Å². The van der Waals surface area contributed by atoms with Crippen molar-refractivity contribution in [2.75, 3.05) is 20.3 Å². The minimum absolute atomic E-state index is 0.00525. The zero-order chi connectivity index (χ0) is 21.3. The van der Waals surface area contributed by atoms with Crippen LogP contribution in [0.4, 0.5) is 0 Å². The number of hydrogen-bond acceptors (Lipinski definition) is 6. The molecule has 0 N–H and O–H groups in total. The van der Waals surface area contributed by atoms with Gasteiger partial charge in [0.05, 0.1) is 36.3 Å². The largest absolute Gasteiger partial charge is 0.495 e. The molecule has 0 bridgehead atoms. The van der Waals surface area contributed by atoms with Gasteiger partial charge in [0.1, 0.15) is 10.8 Å². The maximum absolute atomic E-state index is 12.8. The Balaban J connectivity index is 2.18. The predicted octanol–water partition coefficient (Wildman–Crippen LogP) is 4.37. The Morgan fingerprint density at radius 2 is 2.10 bits per heavy atom. The van der Waals surface area contributed by atoms with E-state index in [1.165, 1.54) is 18.9 Å². The van der Waals surface area contributed by atoms with Crippen LogP contribution in [-0.4, -0.2) is 42.0 Å². The predicted molar refractivity (Wildman–Crippen MR) is 107 cm³/mol. The normalized spacial score (nSPS) is 17.6. The van der Waals surface area contributed by atoms with Crippen LogP contribution in [0.2, 0.25) is 10.0 Å². The van der Waals surface area contributed by atoms with Gasteiger partial charge in [0.25, 0.3) is 5.91 Å². The average Bonchev–Trinajstić information content (AvgIpc) is 2.99. The summed E-state index contributed by atoms with van der Waals surface area (Å²) in [5, 5.41) is 4.80. The van der Waals surface area contributed by atoms with Gasteiger partial charge in [-0.3, -0.25) is 14.6 Å². The first-order valence-electron chi connectivity index (χ1n) is 8.61. The maximum atomic E-state index is 12.8. The van der Waals surface area contributed by atoms with E-state index >= 15 is 0 Å². The minimum atomic E-state index is -0.562. The maximum Gasteiger partial charge on any atom is 0.303 e. The average molecular weight is 438 g/mol. The summed E-state index contributed by atoms with van der Waals surface area (Å²) in [5.41, 5.74) is 10.8. The van der Waals surface area contributed by atoms with Crippen LogP contribution in [0.5, 0.6) is 5.75 Å². The van der Waals surface area contributed by atoms with Crippen molar-refractivity contribution >= 4 is 46.0 Å². The number of hydrogen-bond donors (Lipinski definition) is 0. The molecule has 2 heterocycles. The number of fused-ring (bicyclic) bond motifs is 3. The monoisotopic (exact) mass is 437 g/mol. The zero-order valence-electron chi connectivity index (χ0n) is 15.8. The molecule has 0 saturated heterocycles. The summed E-state index contributed by atoms with van der Waals surface area (Å²) < 4.78 is 10.2. The van der Waals surface area contributed by atoms with Crippen molar-refractivity contribution in [2.24, 2.45) is 5.11 Å². The van der Waals surface area contributed by atoms with E-state index in [1.54, 1.807) is 12.3 Å². The van der Waals surface area contributed by atoms with E-state index in [4.69, 9.17) is 38.2 Å². The topological polar surface area (TPSA) is 117 Å². The van der Waals surface area contributed by atoms with Crippen molar-refractivity contribution in [3.05, 3.63) is 43.9 Å². The molecule has 0 saturated carbocycles. The summed E-state index contributed by atoms with van der Waals surface area (Å²) in [7, 11) is 1.47. The lowest BCUT2D eigenvalue weighted by Crippen LogP contribution is -2.36. The fourth-order valence-electron chi connectivity index (χ4n) is 3.65. The first-order valence-corrected chi connectivity index (χ1v) is 9.37. The molecule has 1 amide bonds. The molecule has 1 aromatic heterocycles. The molecule has 152 valence electrons. The molecule has 0 fully saturated rings. The Morgan fingerprint density at radius 3 is 2.72 bits per heavy atom. The Bertz CT molecular complexity index is 1050. The number of pyridine rings is 1. The quantitative estimate of drug-likeness (QED) is 0.297. The number of nitrogens with zero attached hydrogens (tertiary/aromatic N) is 5. The number of azide groups is 1. The third-order valence-corrected chi connectivity index (χ3v) is 5.68. The van der Waals surface area contributed by atoms with Gasteiger partial charge in [-0.05, 0) is 29.6 Å². The van der Waals surface area contributed by atoms with Crippen molar-refractivity contribution in [3.63, 3.8) is 0 Å². The van der Waals surface area contributed by atoms with E-state index in [1.807, 2.05) is 6.92 Å². The first-order chi connectivity index (χ1) is 13.8. The second-order valence-corrected chi connectivity index (χ2v) is 7.17. The fraction of sp³-hybridized carbons (Fsp3) is 0.389. The van der Waals surface area contributed by atoms with E-state index in [9.17, 15) is 9.59 Å². The summed E-state index contributed by atoms with van der Waals surface area (Å²) in [4.78, 5) is 32.7. The van der Waals surface area contributed by atoms with Crippen LogP contribution in [-0.2, 0) is 14.3 Å². The standard InChI is InChI=1S/C18H17Cl2N5O4/c1-8-15-10-4-13(28-3)16(19)17(20)18(10)22-5-11(15)12(6-23-24-21)25(8)14(27)7-29-9(2)26/h4-5,8,12H,6-7H2,1-3H3/t8-,12-/m0/s1. The van der Waals surface area contributed by atoms with Gasteiger partial charge in [-0.1, -0.05) is 28.3 Å². The van der Waals surface area contributed by atoms with E-state index < -0.39 is 30.6 Å². The fourth-order valence-corrected chi connectivity index (χ4v) is 4.12.